The minimum absolute atomic E-state index is 0.148. The monoisotopic (exact) mass is 472 g/mol. The molecule has 30 heavy (non-hydrogen) atoms. The maximum atomic E-state index is 12.9. The molecule has 2 atom stereocenters. The number of nitrogens with one attached hydrogen (secondary N) is 2. The van der Waals surface area contributed by atoms with Crippen LogP contribution in [0.5, 0.6) is 17.2 Å². The molecule has 0 saturated carbocycles. The third kappa shape index (κ3) is 3.21. The number of aromatic nitrogens is 1. The number of carbonyl (C=O) groups excluding carboxylic acids is 1. The number of ether oxygens (including phenoxy) is 4. The topological polar surface area (TPSA) is 93.6 Å². The molecule has 1 aliphatic rings. The molecule has 2 heterocycles. The first-order valence-electron chi connectivity index (χ1n) is 9.44. The average Bonchev–Trinajstić information content (AvgIpc) is 3.21. The highest BCUT2D eigenvalue weighted by Crippen LogP contribution is 2.48. The molecule has 0 saturated heterocycles. The van der Waals surface area contributed by atoms with Crippen molar-refractivity contribution < 1.29 is 23.7 Å². The molecule has 0 fully saturated rings. The van der Waals surface area contributed by atoms with Gasteiger partial charge in [0.25, 0.3) is 0 Å². The van der Waals surface area contributed by atoms with Gasteiger partial charge in [0, 0.05) is 28.6 Å². The van der Waals surface area contributed by atoms with Crippen molar-refractivity contribution in [3.05, 3.63) is 52.1 Å². The number of halogens is 1. The summed E-state index contributed by atoms with van der Waals surface area (Å²) in [6.45, 7) is 1.96. The minimum atomic E-state index is -0.918. The van der Waals surface area contributed by atoms with Gasteiger partial charge in [-0.1, -0.05) is 6.07 Å². The molecule has 2 aromatic carbocycles. The Hall–Kier alpha value is -3.00. The normalized spacial score (nSPS) is 17.9. The van der Waals surface area contributed by atoms with Crippen LogP contribution in [0, 0.1) is 11.3 Å². The average molecular weight is 473 g/mol. The van der Waals surface area contributed by atoms with Gasteiger partial charge in [0.1, 0.15) is 11.7 Å². The van der Waals surface area contributed by atoms with E-state index < -0.39 is 17.8 Å². The molecular weight excluding hydrogens is 452 g/mol. The van der Waals surface area contributed by atoms with Crippen molar-refractivity contribution in [1.29, 1.82) is 5.41 Å². The van der Waals surface area contributed by atoms with Gasteiger partial charge in [-0.15, -0.1) is 0 Å². The summed E-state index contributed by atoms with van der Waals surface area (Å²) < 4.78 is 22.8. The summed E-state index contributed by atoms with van der Waals surface area (Å²) in [6.07, 6.45) is 1.82. The van der Waals surface area contributed by atoms with Gasteiger partial charge < -0.3 is 23.9 Å². The molecule has 2 unspecified atom stereocenters. The molecule has 8 heteroatoms. The van der Waals surface area contributed by atoms with Crippen molar-refractivity contribution in [3.63, 3.8) is 0 Å². The lowest BCUT2D eigenvalue weighted by molar-refractivity contribution is -0.146. The summed E-state index contributed by atoms with van der Waals surface area (Å²) in [5.74, 6) is -0.419. The van der Waals surface area contributed by atoms with Gasteiger partial charge in [-0.05, 0) is 52.7 Å². The Labute approximate surface area is 181 Å². The molecule has 156 valence electrons. The fraction of sp³-hybridized carbons (Fsp3) is 0.273. The minimum Gasteiger partial charge on any atom is -0.493 e. The van der Waals surface area contributed by atoms with Crippen LogP contribution in [0.15, 0.2) is 41.0 Å². The molecular formula is C22H21BrN2O5. The number of esters is 1. The second-order valence-corrected chi connectivity index (χ2v) is 7.69. The molecule has 0 aliphatic carbocycles. The van der Waals surface area contributed by atoms with Crippen molar-refractivity contribution in [2.24, 2.45) is 5.92 Å². The third-order valence-electron chi connectivity index (χ3n) is 5.23. The summed E-state index contributed by atoms with van der Waals surface area (Å²) in [6, 6.07) is 9.46. The van der Waals surface area contributed by atoms with Gasteiger partial charge in [0.15, 0.2) is 11.5 Å². The predicted octanol–water partition coefficient (Wildman–Crippen LogP) is 4.63. The first kappa shape index (κ1) is 20.3. The van der Waals surface area contributed by atoms with Crippen molar-refractivity contribution in [3.8, 4) is 17.2 Å². The molecule has 4 rings (SSSR count). The molecule has 0 amide bonds. The highest BCUT2D eigenvalue weighted by molar-refractivity contribution is 9.10. The Morgan fingerprint density at radius 2 is 2.03 bits per heavy atom. The summed E-state index contributed by atoms with van der Waals surface area (Å²) in [7, 11) is 3.12. The van der Waals surface area contributed by atoms with Crippen LogP contribution in [0.4, 0.5) is 0 Å². The summed E-state index contributed by atoms with van der Waals surface area (Å²) in [5, 5.41) is 9.37. The number of hydrogen-bond acceptors (Lipinski definition) is 6. The van der Waals surface area contributed by atoms with Gasteiger partial charge in [0.2, 0.25) is 5.90 Å². The maximum Gasteiger partial charge on any atom is 0.319 e. The highest BCUT2D eigenvalue weighted by atomic mass is 79.9. The molecule has 7 nitrogen and oxygen atoms in total. The molecule has 0 radical (unpaired) electrons. The molecule has 1 aliphatic heterocycles. The Bertz CT molecular complexity index is 1140. The van der Waals surface area contributed by atoms with E-state index in [-0.39, 0.29) is 12.5 Å². The SMILES string of the molecule is CCOC(=O)C1C(=N)Oc2c(ccc3[nH]ccc23)C1c1cc(Br)c(OC)c(OC)c1. The largest absolute Gasteiger partial charge is 0.493 e. The van der Waals surface area contributed by atoms with Crippen LogP contribution in [0.2, 0.25) is 0 Å². The summed E-state index contributed by atoms with van der Waals surface area (Å²) in [5.41, 5.74) is 2.47. The lowest BCUT2D eigenvalue weighted by Crippen LogP contribution is -2.38. The molecule has 0 bridgehead atoms. The second-order valence-electron chi connectivity index (χ2n) is 6.83. The van der Waals surface area contributed by atoms with E-state index in [0.29, 0.717) is 21.7 Å². The first-order valence-corrected chi connectivity index (χ1v) is 10.2. The maximum absolute atomic E-state index is 12.9. The van der Waals surface area contributed by atoms with E-state index in [1.807, 2.05) is 36.5 Å². The van der Waals surface area contributed by atoms with Crippen LogP contribution in [-0.2, 0) is 9.53 Å². The van der Waals surface area contributed by atoms with E-state index in [1.165, 1.54) is 0 Å². The van der Waals surface area contributed by atoms with Crippen LogP contribution < -0.4 is 14.2 Å². The number of fused-ring (bicyclic) bond motifs is 3. The standard InChI is InChI=1S/C22H21BrN2O5/c1-4-29-22(26)18-17(11-9-14(23)20(28-3)16(10-11)27-2)13-5-6-15-12(7-8-25-15)19(13)30-21(18)24/h5-10,17-18,24-25H,4H2,1-3H3. The Morgan fingerprint density at radius 3 is 2.73 bits per heavy atom. The highest BCUT2D eigenvalue weighted by Gasteiger charge is 2.43. The van der Waals surface area contributed by atoms with Crippen LogP contribution in [-0.4, -0.2) is 37.7 Å². The van der Waals surface area contributed by atoms with Crippen LogP contribution in [0.1, 0.15) is 24.0 Å². The number of hydrogen-bond donors (Lipinski definition) is 2. The lowest BCUT2D eigenvalue weighted by Gasteiger charge is -2.33. The summed E-state index contributed by atoms with van der Waals surface area (Å²) in [4.78, 5) is 16.0. The molecule has 3 aromatic rings. The van der Waals surface area contributed by atoms with E-state index >= 15 is 0 Å². The zero-order chi connectivity index (χ0) is 21.4. The molecule has 0 spiro atoms. The van der Waals surface area contributed by atoms with Gasteiger partial charge >= 0.3 is 5.97 Å². The van der Waals surface area contributed by atoms with Crippen molar-refractivity contribution in [1.82, 2.24) is 4.98 Å². The number of rotatable bonds is 5. The number of benzene rings is 2. The van der Waals surface area contributed by atoms with E-state index in [2.05, 4.69) is 20.9 Å². The zero-order valence-electron chi connectivity index (χ0n) is 16.7. The van der Waals surface area contributed by atoms with Crippen molar-refractivity contribution in [2.75, 3.05) is 20.8 Å². The smallest absolute Gasteiger partial charge is 0.319 e. The van der Waals surface area contributed by atoms with E-state index in [9.17, 15) is 4.79 Å². The van der Waals surface area contributed by atoms with Gasteiger partial charge in [-0.25, -0.2) is 0 Å². The summed E-state index contributed by atoms with van der Waals surface area (Å²) >= 11 is 3.53. The number of aromatic amines is 1. The van der Waals surface area contributed by atoms with Gasteiger partial charge in [-0.2, -0.15) is 0 Å². The Balaban J connectivity index is 1.96. The Kier molecular flexibility index (Phi) is 5.42. The van der Waals surface area contributed by atoms with Crippen LogP contribution in [0.3, 0.4) is 0 Å². The molecule has 1 aromatic heterocycles. The lowest BCUT2D eigenvalue weighted by atomic mass is 9.78. The van der Waals surface area contributed by atoms with Gasteiger partial charge in [0.05, 0.1) is 25.3 Å². The van der Waals surface area contributed by atoms with Crippen molar-refractivity contribution >= 4 is 38.7 Å². The van der Waals surface area contributed by atoms with E-state index in [0.717, 1.165) is 22.0 Å². The predicted molar refractivity (Wildman–Crippen MR) is 116 cm³/mol. The zero-order valence-corrected chi connectivity index (χ0v) is 18.3. The van der Waals surface area contributed by atoms with E-state index in [1.54, 1.807) is 21.1 Å². The third-order valence-corrected chi connectivity index (χ3v) is 5.82. The number of carbonyl (C=O) groups is 1. The fourth-order valence-corrected chi connectivity index (χ4v) is 4.57. The number of H-pyrrole nitrogens is 1. The van der Waals surface area contributed by atoms with Crippen LogP contribution in [0.25, 0.3) is 10.9 Å². The van der Waals surface area contributed by atoms with E-state index in [4.69, 9.17) is 24.4 Å². The fourth-order valence-electron chi connectivity index (χ4n) is 3.95. The Morgan fingerprint density at radius 1 is 1.23 bits per heavy atom. The first-order chi connectivity index (χ1) is 14.5. The number of methoxy groups -OCH3 is 2. The second kappa shape index (κ2) is 8.02. The molecule has 2 N–H and O–H groups in total. The van der Waals surface area contributed by atoms with Gasteiger partial charge in [-0.3, -0.25) is 10.2 Å². The quantitative estimate of drug-likeness (QED) is 0.528. The van der Waals surface area contributed by atoms with Crippen LogP contribution >= 0.6 is 15.9 Å². The van der Waals surface area contributed by atoms with Crippen molar-refractivity contribution in [2.45, 2.75) is 12.8 Å².